The van der Waals surface area contributed by atoms with Crippen LogP contribution < -0.4 is 5.73 Å². The van der Waals surface area contributed by atoms with Gasteiger partial charge < -0.3 is 15.2 Å². The van der Waals surface area contributed by atoms with Gasteiger partial charge in [-0.2, -0.15) is 0 Å². The molecular weight excluding hydrogens is 703 g/mol. The summed E-state index contributed by atoms with van der Waals surface area (Å²) in [6, 6.07) is 18.8. The molecule has 4 fully saturated rings. The molecular formula is C52H69NO4. The number of carbonyl (C=O) groups is 2. The van der Waals surface area contributed by atoms with Crippen molar-refractivity contribution < 1.29 is 19.1 Å². The summed E-state index contributed by atoms with van der Waals surface area (Å²) >= 11 is 0. The van der Waals surface area contributed by atoms with Crippen molar-refractivity contribution in [3.63, 3.8) is 0 Å². The zero-order valence-electron chi connectivity index (χ0n) is 35.8. The number of esters is 2. The predicted molar refractivity (Wildman–Crippen MR) is 229 cm³/mol. The zero-order valence-corrected chi connectivity index (χ0v) is 35.8. The first-order valence-electron chi connectivity index (χ1n) is 22.3. The Balaban J connectivity index is 1.04. The fraction of sp³-hybridized carbons (Fsp3) is 0.615. The fourth-order valence-electron chi connectivity index (χ4n) is 14.9. The highest BCUT2D eigenvalue weighted by atomic mass is 16.6. The minimum atomic E-state index is -0.929. The molecule has 8 rings (SSSR count). The third kappa shape index (κ3) is 6.61. The zero-order chi connectivity index (χ0) is 40.4. The lowest BCUT2D eigenvalue weighted by atomic mass is 9.33. The van der Waals surface area contributed by atoms with Gasteiger partial charge in [-0.25, -0.2) is 4.79 Å². The van der Waals surface area contributed by atoms with Gasteiger partial charge in [-0.05, 0) is 170 Å². The molecule has 10 atom stereocenters. The topological polar surface area (TPSA) is 78.6 Å². The second-order valence-corrected chi connectivity index (χ2v) is 21.1. The Kier molecular flexibility index (Phi) is 10.4. The number of carbonyl (C=O) groups excluding carboxylic acids is 2. The lowest BCUT2D eigenvalue weighted by Crippen LogP contribution is -2.67. The third-order valence-corrected chi connectivity index (χ3v) is 17.9. The molecule has 0 amide bonds. The van der Waals surface area contributed by atoms with E-state index < -0.39 is 11.4 Å². The highest BCUT2D eigenvalue weighted by Crippen LogP contribution is 2.76. The molecule has 0 aromatic heterocycles. The van der Waals surface area contributed by atoms with Gasteiger partial charge >= 0.3 is 11.9 Å². The Morgan fingerprint density at radius 1 is 0.772 bits per heavy atom. The average molecular weight is 772 g/mol. The van der Waals surface area contributed by atoms with Crippen LogP contribution in [0.15, 0.2) is 96.1 Å². The van der Waals surface area contributed by atoms with Gasteiger partial charge in [0.1, 0.15) is 18.6 Å². The number of rotatable bonds is 9. The normalized spacial score (nSPS) is 39.2. The Morgan fingerprint density at radius 3 is 2.18 bits per heavy atom. The molecule has 0 heterocycles. The predicted octanol–water partition coefficient (Wildman–Crippen LogP) is 12.0. The van der Waals surface area contributed by atoms with E-state index in [0.717, 1.165) is 24.8 Å². The maximum atomic E-state index is 14.0. The van der Waals surface area contributed by atoms with E-state index in [1.807, 2.05) is 48.5 Å². The van der Waals surface area contributed by atoms with Crippen molar-refractivity contribution in [1.82, 2.24) is 0 Å². The molecule has 2 aromatic carbocycles. The lowest BCUT2D eigenvalue weighted by Gasteiger charge is -2.72. The highest BCUT2D eigenvalue weighted by Gasteiger charge is 2.70. The average Bonchev–Trinajstić information content (AvgIpc) is 3.52. The first kappa shape index (κ1) is 40.3. The van der Waals surface area contributed by atoms with Crippen molar-refractivity contribution in [2.45, 2.75) is 137 Å². The second kappa shape index (κ2) is 14.7. The van der Waals surface area contributed by atoms with Crippen LogP contribution in [0.1, 0.15) is 141 Å². The van der Waals surface area contributed by atoms with E-state index >= 15 is 0 Å². The van der Waals surface area contributed by atoms with E-state index in [4.69, 9.17) is 15.2 Å². The molecule has 5 heteroatoms. The Labute approximate surface area is 343 Å². The molecule has 2 N–H and O–H groups in total. The van der Waals surface area contributed by atoms with Crippen molar-refractivity contribution in [1.29, 1.82) is 0 Å². The molecule has 0 radical (unpaired) electrons. The monoisotopic (exact) mass is 772 g/mol. The lowest BCUT2D eigenvalue weighted by molar-refractivity contribution is -0.219. The van der Waals surface area contributed by atoms with Crippen molar-refractivity contribution in [3.05, 3.63) is 107 Å². The van der Waals surface area contributed by atoms with Crippen LogP contribution in [0, 0.1) is 56.7 Å². The van der Waals surface area contributed by atoms with Crippen LogP contribution in [-0.2, 0) is 20.9 Å². The van der Waals surface area contributed by atoms with Crippen LogP contribution in [0.2, 0.25) is 0 Å². The van der Waals surface area contributed by atoms with Crippen molar-refractivity contribution in [2.24, 2.45) is 62.4 Å². The van der Waals surface area contributed by atoms with Crippen LogP contribution in [0.3, 0.4) is 0 Å². The van der Waals surface area contributed by atoms with Crippen molar-refractivity contribution >= 4 is 11.9 Å². The number of hydrogen-bond acceptors (Lipinski definition) is 5. The van der Waals surface area contributed by atoms with E-state index in [0.29, 0.717) is 58.8 Å². The standard InChI is InChI=1S/C52H69NO4/c1-35(2)32-39-22-29-52(53)31-30-49(6)41(44(39)52)18-19-43-48(5)25-23-40(47(3,4)42(48)24-26-50(43,49)7)37-20-27-51(28-21-37,34-57-45(54)38-16-12-9-13-17-38)46(55)56-33-36-14-10-8-11-15-36/h8-17,20,23,39,41-44H,1,18-19,21-22,24-34,53H2,2-7H3/t39-,41+,42?,43?,44?,48-,49+,50+,51?,52-/m0/s1. The fourth-order valence-corrected chi connectivity index (χ4v) is 14.9. The molecule has 0 bridgehead atoms. The molecule has 4 unspecified atom stereocenters. The molecule has 6 aliphatic carbocycles. The maximum Gasteiger partial charge on any atom is 0.338 e. The van der Waals surface area contributed by atoms with E-state index in [-0.39, 0.29) is 35.6 Å². The summed E-state index contributed by atoms with van der Waals surface area (Å²) in [6.07, 6.45) is 19.1. The van der Waals surface area contributed by atoms with Gasteiger partial charge in [0.2, 0.25) is 0 Å². The second-order valence-electron chi connectivity index (χ2n) is 21.1. The van der Waals surface area contributed by atoms with E-state index in [9.17, 15) is 9.59 Å². The molecule has 306 valence electrons. The number of nitrogens with two attached hydrogens (primary N) is 1. The van der Waals surface area contributed by atoms with E-state index in [2.05, 4.69) is 60.3 Å². The highest BCUT2D eigenvalue weighted by molar-refractivity contribution is 5.89. The van der Waals surface area contributed by atoms with Crippen LogP contribution in [0.25, 0.3) is 0 Å². The minimum Gasteiger partial charge on any atom is -0.461 e. The summed E-state index contributed by atoms with van der Waals surface area (Å²) in [4.78, 5) is 27.2. The van der Waals surface area contributed by atoms with Gasteiger partial charge in [0.25, 0.3) is 0 Å². The number of ether oxygens (including phenoxy) is 2. The van der Waals surface area contributed by atoms with Crippen LogP contribution in [0.5, 0.6) is 0 Å². The molecule has 0 aliphatic heterocycles. The Morgan fingerprint density at radius 2 is 1.49 bits per heavy atom. The largest absolute Gasteiger partial charge is 0.461 e. The Bertz CT molecular complexity index is 1930. The first-order valence-corrected chi connectivity index (χ1v) is 22.3. The third-order valence-electron chi connectivity index (χ3n) is 17.9. The molecule has 0 spiro atoms. The van der Waals surface area contributed by atoms with Gasteiger partial charge in [-0.15, -0.1) is 6.58 Å². The maximum absolute atomic E-state index is 14.0. The smallest absolute Gasteiger partial charge is 0.338 e. The molecule has 5 nitrogen and oxygen atoms in total. The van der Waals surface area contributed by atoms with Gasteiger partial charge in [-0.3, -0.25) is 4.79 Å². The van der Waals surface area contributed by atoms with E-state index in [1.165, 1.54) is 68.1 Å². The molecule has 4 saturated carbocycles. The first-order chi connectivity index (χ1) is 27.1. The number of benzene rings is 2. The van der Waals surface area contributed by atoms with Crippen molar-refractivity contribution in [3.8, 4) is 0 Å². The molecule has 2 aromatic rings. The summed E-state index contributed by atoms with van der Waals surface area (Å²) in [5.74, 6) is 2.57. The van der Waals surface area contributed by atoms with Gasteiger partial charge in [-0.1, -0.05) is 101 Å². The number of allylic oxidation sites excluding steroid dienone is 5. The molecule has 57 heavy (non-hydrogen) atoms. The molecule has 6 aliphatic rings. The van der Waals surface area contributed by atoms with Gasteiger partial charge in [0.15, 0.2) is 0 Å². The van der Waals surface area contributed by atoms with E-state index in [1.54, 1.807) is 12.1 Å². The summed E-state index contributed by atoms with van der Waals surface area (Å²) in [5, 5.41) is 0. The minimum absolute atomic E-state index is 0.00136. The summed E-state index contributed by atoms with van der Waals surface area (Å²) < 4.78 is 11.9. The quantitative estimate of drug-likeness (QED) is 0.203. The SMILES string of the molecule is C=C(C)C[C@@H]1CC[C@]2(N)CC[C@]3(C)[C@H](CCC4[C@@]5(C)CC=C(C6=CCC(COC(=O)c7ccccc7)(C(=O)OCc7ccccc7)CC6)C(C)(C)C5CC[C@]43C)C12. The van der Waals surface area contributed by atoms with Crippen LogP contribution in [-0.4, -0.2) is 24.1 Å². The van der Waals surface area contributed by atoms with Gasteiger partial charge in [0.05, 0.1) is 5.56 Å². The van der Waals surface area contributed by atoms with Crippen LogP contribution in [0.4, 0.5) is 0 Å². The summed E-state index contributed by atoms with van der Waals surface area (Å²) in [7, 11) is 0. The number of hydrogen-bond donors (Lipinski definition) is 1. The molecule has 0 saturated heterocycles. The Hall–Kier alpha value is -3.44. The number of fused-ring (bicyclic) bond motifs is 7. The summed E-state index contributed by atoms with van der Waals surface area (Å²) in [6.45, 7) is 19.9. The van der Waals surface area contributed by atoms with Crippen molar-refractivity contribution in [2.75, 3.05) is 6.61 Å². The summed E-state index contributed by atoms with van der Waals surface area (Å²) in [5.41, 5.74) is 12.9. The van der Waals surface area contributed by atoms with Gasteiger partial charge in [0, 0.05) is 5.54 Å². The van der Waals surface area contributed by atoms with Crippen LogP contribution >= 0.6 is 0 Å².